The van der Waals surface area contributed by atoms with Crippen molar-refractivity contribution >= 4 is 35.0 Å². The number of hydrogen-bond donors (Lipinski definition) is 11. The summed E-state index contributed by atoms with van der Waals surface area (Å²) in [5, 5.41) is 0. The molecule has 0 aromatic heterocycles. The molecule has 0 atom stereocenters. The Morgan fingerprint density at radius 3 is 0.583 bits per heavy atom. The van der Waals surface area contributed by atoms with E-state index < -0.39 is 35.0 Å². The normalized spacial score (nSPS) is 9.96. The van der Waals surface area contributed by atoms with Crippen molar-refractivity contribution < 1.29 is 239 Å². The van der Waals surface area contributed by atoms with E-state index in [-0.39, 0.29) is 162 Å². The van der Waals surface area contributed by atoms with Gasteiger partial charge in [0.15, 0.2) is 0 Å². The molecule has 0 saturated carbocycles. The van der Waals surface area contributed by atoms with Gasteiger partial charge in [-0.3, -0.25) is 0 Å². The van der Waals surface area contributed by atoms with Gasteiger partial charge in [-0.1, -0.05) is 0 Å². The number of hydrogen-bond acceptors (Lipinski definition) is 13. The van der Waals surface area contributed by atoms with Gasteiger partial charge in [0, 0.05) is 0 Å². The zero-order valence-electron chi connectivity index (χ0n) is 12.9. The van der Waals surface area contributed by atoms with E-state index in [9.17, 15) is 0 Å². The van der Waals surface area contributed by atoms with E-state index in [1.165, 1.54) is 0 Å². The minimum atomic E-state index is -5.61. The van der Waals surface area contributed by atoms with Gasteiger partial charge >= 0.3 is 188 Å². The molecule has 0 amide bonds. The van der Waals surface area contributed by atoms with Gasteiger partial charge in [-0.2, -0.15) is 0 Å². The largest absolute Gasteiger partial charge is 1.00 e. The van der Waals surface area contributed by atoms with Crippen LogP contribution in [-0.2, 0) is 4.57 Å². The molecule has 0 aliphatic carbocycles. The maximum atomic E-state index is 8.88. The molecule has 0 spiro atoms. The van der Waals surface area contributed by atoms with Gasteiger partial charge in [0.05, 0.1) is 0 Å². The first-order valence-corrected chi connectivity index (χ1v) is 10.2. The molecule has 0 rings (SSSR count). The van der Waals surface area contributed by atoms with Crippen molar-refractivity contribution in [2.24, 2.45) is 0 Å². The summed E-state index contributed by atoms with van der Waals surface area (Å²) in [5.41, 5.74) is 0. The standard InChI is InChI=1S/2K.2Na.H3O4P.2H4O4Si.O4Si/c;;;;4*1-5(2,3)4/h;;;;(H3,1,2,3,4);2*1-4H;/q4*+1;;;;-4. The van der Waals surface area contributed by atoms with E-state index in [4.69, 9.17) is 76.8 Å². The molecular weight excluding hydrogens is 495 g/mol. The molecule has 0 aromatic carbocycles. The molecule has 11 N–H and O–H groups in total. The van der Waals surface area contributed by atoms with Crippen LogP contribution in [0.3, 0.4) is 0 Å². The first-order chi connectivity index (χ1) is 8.00. The monoisotopic (exact) mass is 506 g/mol. The van der Waals surface area contributed by atoms with E-state index in [1.807, 2.05) is 0 Å². The summed E-state index contributed by atoms with van der Waals surface area (Å²) in [6, 6.07) is 0. The van der Waals surface area contributed by atoms with Gasteiger partial charge in [-0.05, 0) is 0 Å². The maximum absolute atomic E-state index is 8.88. The van der Waals surface area contributed by atoms with Gasteiger partial charge in [0.1, 0.15) is 0 Å². The summed E-state index contributed by atoms with van der Waals surface area (Å²) in [6.07, 6.45) is 0. The Hall–Kier alpha value is 5.55. The van der Waals surface area contributed by atoms with E-state index in [0.717, 1.165) is 0 Å². The fourth-order valence-electron chi connectivity index (χ4n) is 0. The van der Waals surface area contributed by atoms with Crippen LogP contribution < -0.4 is 181 Å². The van der Waals surface area contributed by atoms with Crippen LogP contribution in [0.25, 0.3) is 0 Å². The smallest absolute Gasteiger partial charge is 0.894 e. The van der Waals surface area contributed by atoms with E-state index in [1.54, 1.807) is 0 Å². The summed E-state index contributed by atoms with van der Waals surface area (Å²) in [5.74, 6) is 0. The van der Waals surface area contributed by atoms with Gasteiger partial charge in [0.25, 0.3) is 0 Å². The van der Waals surface area contributed by atoms with E-state index >= 15 is 0 Å². The molecule has 24 heteroatoms. The third-order valence-corrected chi connectivity index (χ3v) is 0. The van der Waals surface area contributed by atoms with Crippen molar-refractivity contribution in [2.45, 2.75) is 0 Å². The molecule has 128 valence electrons. The zero-order chi connectivity index (χ0) is 18.0. The molecule has 0 aliphatic heterocycles. The van der Waals surface area contributed by atoms with Crippen LogP contribution in [0.4, 0.5) is 0 Å². The summed E-state index contributed by atoms with van der Waals surface area (Å²) in [6.45, 7) is 0. The predicted octanol–water partition coefficient (Wildman–Crippen LogP) is -23.3. The quantitative estimate of drug-likeness (QED) is 0.107. The van der Waals surface area contributed by atoms with E-state index in [2.05, 4.69) is 0 Å². The Kier molecular flexibility index (Phi) is 53.6. The molecule has 16 nitrogen and oxygen atoms in total. The van der Waals surface area contributed by atoms with Crippen molar-refractivity contribution in [3.63, 3.8) is 0 Å². The number of rotatable bonds is 0. The predicted molar refractivity (Wildman–Crippen MR) is 49.3 cm³/mol. The second kappa shape index (κ2) is 24.8. The molecule has 0 aromatic rings. The Balaban J connectivity index is -0.0000000225. The Morgan fingerprint density at radius 2 is 0.583 bits per heavy atom. The third kappa shape index (κ3) is 630. The van der Waals surface area contributed by atoms with Crippen LogP contribution in [0.2, 0.25) is 0 Å². The van der Waals surface area contributed by atoms with Crippen LogP contribution in [0, 0.1) is 0 Å². The van der Waals surface area contributed by atoms with Crippen LogP contribution in [0.5, 0.6) is 0 Å². The average molecular weight is 506 g/mol. The topological polar surface area (TPSA) is 332 Å². The minimum absolute atomic E-state index is 0. The summed E-state index contributed by atoms with van der Waals surface area (Å²) >= 11 is 0. The van der Waals surface area contributed by atoms with Crippen molar-refractivity contribution in [1.29, 1.82) is 0 Å². The second-order valence-electron chi connectivity index (χ2n) is 2.21. The zero-order valence-corrected chi connectivity index (χ0v) is 27.0. The Bertz CT molecular complexity index is 211. The third-order valence-electron chi connectivity index (χ3n) is 0. The van der Waals surface area contributed by atoms with Crippen molar-refractivity contribution in [1.82, 2.24) is 0 Å². The first kappa shape index (κ1) is 51.9. The van der Waals surface area contributed by atoms with Crippen molar-refractivity contribution in [2.75, 3.05) is 0 Å². The van der Waals surface area contributed by atoms with Gasteiger partial charge in [0.2, 0.25) is 0 Å². The molecular formula is H11K2Na2O16PSi3. The average Bonchev–Trinajstić information content (AvgIpc) is 1.62. The van der Waals surface area contributed by atoms with Crippen molar-refractivity contribution in [3.05, 3.63) is 0 Å². The molecule has 0 unspecified atom stereocenters. The fraction of sp³-hybridized carbons (Fsp3) is 0. The van der Waals surface area contributed by atoms with E-state index in [0.29, 0.717) is 0 Å². The van der Waals surface area contributed by atoms with Crippen LogP contribution in [-0.4, -0.2) is 80.2 Å². The van der Waals surface area contributed by atoms with Crippen LogP contribution in [0.1, 0.15) is 0 Å². The van der Waals surface area contributed by atoms with Crippen LogP contribution >= 0.6 is 7.82 Å². The fourth-order valence-corrected chi connectivity index (χ4v) is 0. The minimum Gasteiger partial charge on any atom is -0.894 e. The molecule has 0 saturated heterocycles. The SMILES string of the molecule is O=P(O)(O)O.O[Si](O)(O)O.O[Si](O)(O)O.[K+].[K+].[Na+].[Na+].[O-][Si]([O-])([O-])[O-]. The first-order valence-electron chi connectivity index (χ1n) is 3.39. The summed E-state index contributed by atoms with van der Waals surface area (Å²) < 4.78 is 8.88. The molecule has 0 fully saturated rings. The second-order valence-corrected chi connectivity index (χ2v) is 6.64. The van der Waals surface area contributed by atoms with Gasteiger partial charge in [-0.15, -0.1) is 0 Å². The van der Waals surface area contributed by atoms with Gasteiger partial charge in [-0.25, -0.2) is 4.57 Å². The molecule has 24 heavy (non-hydrogen) atoms. The molecule has 0 radical (unpaired) electrons. The Labute approximate surface area is 267 Å². The molecule has 0 bridgehead atoms. The molecule has 0 heterocycles. The van der Waals surface area contributed by atoms with Gasteiger partial charge < -0.3 is 81.3 Å². The maximum Gasteiger partial charge on any atom is 1.00 e. The molecule has 0 aliphatic rings. The van der Waals surface area contributed by atoms with Crippen LogP contribution in [0.15, 0.2) is 0 Å². The number of phosphoric acid groups is 1. The Morgan fingerprint density at radius 1 is 0.583 bits per heavy atom. The summed E-state index contributed by atoms with van der Waals surface area (Å²) in [4.78, 5) is 114. The van der Waals surface area contributed by atoms with Crippen molar-refractivity contribution in [3.8, 4) is 0 Å². The summed E-state index contributed by atoms with van der Waals surface area (Å²) in [7, 11) is -19.5.